The van der Waals surface area contributed by atoms with Crippen molar-refractivity contribution in [3.05, 3.63) is 88.2 Å². The van der Waals surface area contributed by atoms with Crippen LogP contribution in [0.25, 0.3) is 0 Å². The van der Waals surface area contributed by atoms with Crippen LogP contribution in [0.1, 0.15) is 16.7 Å². The molecule has 3 aromatic rings. The summed E-state index contributed by atoms with van der Waals surface area (Å²) in [6.07, 6.45) is 0.707. The third kappa shape index (κ3) is 6.67. The summed E-state index contributed by atoms with van der Waals surface area (Å²) >= 11 is 6.42. The summed E-state index contributed by atoms with van der Waals surface area (Å²) in [6.45, 7) is 1.44. The Morgan fingerprint density at radius 1 is 1.00 bits per heavy atom. The highest BCUT2D eigenvalue weighted by atomic mass is 35.5. The van der Waals surface area contributed by atoms with Crippen molar-refractivity contribution in [3.8, 4) is 11.5 Å². The second-order valence-electron chi connectivity index (χ2n) is 7.13. The molecule has 0 unspecified atom stereocenters. The normalized spacial score (nSPS) is 11.4. The minimum absolute atomic E-state index is 0.0924. The first kappa shape index (κ1) is 24.0. The van der Waals surface area contributed by atoms with E-state index >= 15 is 0 Å². The lowest BCUT2D eigenvalue weighted by Gasteiger charge is -2.14. The van der Waals surface area contributed by atoms with Crippen molar-refractivity contribution >= 4 is 21.6 Å². The van der Waals surface area contributed by atoms with E-state index in [1.807, 2.05) is 6.07 Å². The Kier molecular flexibility index (Phi) is 8.09. The minimum atomic E-state index is -3.69. The van der Waals surface area contributed by atoms with Gasteiger partial charge in [-0.3, -0.25) is 0 Å². The predicted molar refractivity (Wildman–Crippen MR) is 122 cm³/mol. The number of sulfonamides is 1. The molecule has 3 rings (SSSR count). The number of nitrogens with one attached hydrogen (secondary N) is 1. The van der Waals surface area contributed by atoms with Gasteiger partial charge in [0.05, 0.1) is 12.0 Å². The summed E-state index contributed by atoms with van der Waals surface area (Å²) < 4.78 is 46.9. The quantitative estimate of drug-likeness (QED) is 0.429. The highest BCUT2D eigenvalue weighted by Gasteiger charge is 2.11. The van der Waals surface area contributed by atoms with E-state index in [1.54, 1.807) is 37.4 Å². The van der Waals surface area contributed by atoms with Crippen LogP contribution in [0.3, 0.4) is 0 Å². The number of benzene rings is 3. The average molecular weight is 479 g/mol. The maximum Gasteiger partial charge on any atom is 0.238 e. The Hall–Kier alpha value is -2.65. The van der Waals surface area contributed by atoms with Crippen LogP contribution in [-0.2, 0) is 29.6 Å². The number of hydrogen-bond donors (Lipinski definition) is 2. The lowest BCUT2D eigenvalue weighted by molar-refractivity contribution is 0.284. The maximum atomic E-state index is 13.0. The Bertz CT molecular complexity index is 1150. The van der Waals surface area contributed by atoms with Gasteiger partial charge >= 0.3 is 0 Å². The van der Waals surface area contributed by atoms with Gasteiger partial charge < -0.3 is 14.8 Å². The van der Waals surface area contributed by atoms with Gasteiger partial charge in [-0.2, -0.15) is 0 Å². The molecule has 0 saturated carbocycles. The van der Waals surface area contributed by atoms with Crippen LogP contribution in [0.15, 0.2) is 65.6 Å². The van der Waals surface area contributed by atoms with Crippen molar-refractivity contribution in [2.45, 2.75) is 24.5 Å². The van der Waals surface area contributed by atoms with Crippen LogP contribution in [-0.4, -0.2) is 22.1 Å². The summed E-state index contributed by atoms with van der Waals surface area (Å²) in [7, 11) is -2.13. The highest BCUT2D eigenvalue weighted by molar-refractivity contribution is 7.89. The minimum Gasteiger partial charge on any atom is -0.493 e. The van der Waals surface area contributed by atoms with E-state index in [2.05, 4.69) is 5.32 Å². The molecule has 0 saturated heterocycles. The summed E-state index contributed by atoms with van der Waals surface area (Å²) in [5.74, 6) is 0.749. The first-order chi connectivity index (χ1) is 15.3. The van der Waals surface area contributed by atoms with Crippen LogP contribution in [0, 0.1) is 5.82 Å². The fourth-order valence-electron chi connectivity index (χ4n) is 3.03. The summed E-state index contributed by atoms with van der Waals surface area (Å²) in [4.78, 5) is 0.0924. The molecule has 0 bridgehead atoms. The molecule has 0 amide bonds. The van der Waals surface area contributed by atoms with E-state index in [9.17, 15) is 12.8 Å². The standard InChI is InChI=1S/C23H24ClFN2O4S/c1-30-22-12-18(14-27-11-10-16-4-8-20(9-5-16)32(26,28)29)21(24)13-23(22)31-15-17-2-6-19(25)7-3-17/h2-9,12-13,27H,10-11,14-15H2,1H3,(H2,26,28,29). The van der Waals surface area contributed by atoms with Crippen LogP contribution < -0.4 is 19.9 Å². The average Bonchev–Trinajstić information content (AvgIpc) is 2.77. The topological polar surface area (TPSA) is 90.6 Å². The van der Waals surface area contributed by atoms with Crippen molar-refractivity contribution in [1.29, 1.82) is 0 Å². The summed E-state index contributed by atoms with van der Waals surface area (Å²) in [5.41, 5.74) is 2.66. The van der Waals surface area contributed by atoms with Crippen LogP contribution in [0.4, 0.5) is 4.39 Å². The number of halogens is 2. The number of primary sulfonamides is 1. The van der Waals surface area contributed by atoms with Crippen molar-refractivity contribution in [3.63, 3.8) is 0 Å². The molecule has 3 N–H and O–H groups in total. The molecule has 0 heterocycles. The van der Waals surface area contributed by atoms with Crippen molar-refractivity contribution in [2.75, 3.05) is 13.7 Å². The number of methoxy groups -OCH3 is 1. The second kappa shape index (κ2) is 10.8. The van der Waals surface area contributed by atoms with E-state index in [1.165, 1.54) is 24.3 Å². The van der Waals surface area contributed by atoms with Crippen LogP contribution in [0.2, 0.25) is 5.02 Å². The monoisotopic (exact) mass is 478 g/mol. The van der Waals surface area contributed by atoms with Crippen molar-refractivity contribution in [2.24, 2.45) is 5.14 Å². The van der Waals surface area contributed by atoms with E-state index < -0.39 is 10.0 Å². The smallest absolute Gasteiger partial charge is 0.238 e. The van der Waals surface area contributed by atoms with E-state index in [4.69, 9.17) is 26.2 Å². The van der Waals surface area contributed by atoms with E-state index in [0.29, 0.717) is 36.0 Å². The third-order valence-corrected chi connectivity index (χ3v) is 6.08. The van der Waals surface area contributed by atoms with Gasteiger partial charge in [0.2, 0.25) is 10.0 Å². The fourth-order valence-corrected chi connectivity index (χ4v) is 3.76. The zero-order chi connectivity index (χ0) is 23.1. The molecule has 0 aromatic heterocycles. The number of rotatable bonds is 10. The van der Waals surface area contributed by atoms with Crippen molar-refractivity contribution < 1.29 is 22.3 Å². The molecular weight excluding hydrogens is 455 g/mol. The number of nitrogens with two attached hydrogens (primary N) is 1. The number of hydrogen-bond acceptors (Lipinski definition) is 5. The van der Waals surface area contributed by atoms with Gasteiger partial charge in [-0.15, -0.1) is 0 Å². The second-order valence-corrected chi connectivity index (χ2v) is 9.09. The van der Waals surface area contributed by atoms with Gasteiger partial charge in [0.1, 0.15) is 12.4 Å². The van der Waals surface area contributed by atoms with Gasteiger partial charge in [0, 0.05) is 17.6 Å². The maximum absolute atomic E-state index is 13.0. The molecule has 3 aromatic carbocycles. The lowest BCUT2D eigenvalue weighted by Crippen LogP contribution is -2.17. The SMILES string of the molecule is COc1cc(CNCCc2ccc(S(N)(=O)=O)cc2)c(Cl)cc1OCc1ccc(F)cc1. The molecular formula is C23H24ClFN2O4S. The Morgan fingerprint density at radius 3 is 2.28 bits per heavy atom. The van der Waals surface area contributed by atoms with Crippen molar-refractivity contribution in [1.82, 2.24) is 5.32 Å². The van der Waals surface area contributed by atoms with Gasteiger partial charge in [-0.25, -0.2) is 17.9 Å². The summed E-state index contributed by atoms with van der Waals surface area (Å²) in [5, 5.41) is 8.95. The van der Waals surface area contributed by atoms with Gasteiger partial charge in [-0.05, 0) is 60.0 Å². The molecule has 0 atom stereocenters. The molecule has 0 fully saturated rings. The lowest BCUT2D eigenvalue weighted by atomic mass is 10.1. The zero-order valence-corrected chi connectivity index (χ0v) is 19.0. The van der Waals surface area contributed by atoms with Gasteiger partial charge in [0.15, 0.2) is 11.5 Å². The Labute approximate surface area is 192 Å². The first-order valence-electron chi connectivity index (χ1n) is 9.82. The highest BCUT2D eigenvalue weighted by Crippen LogP contribution is 2.34. The molecule has 0 aliphatic rings. The largest absolute Gasteiger partial charge is 0.493 e. The molecule has 32 heavy (non-hydrogen) atoms. The van der Waals surface area contributed by atoms with Gasteiger partial charge in [-0.1, -0.05) is 35.9 Å². The van der Waals surface area contributed by atoms with Crippen LogP contribution >= 0.6 is 11.6 Å². The predicted octanol–water partition coefficient (Wildman–Crippen LogP) is 4.05. The summed E-state index contributed by atoms with van der Waals surface area (Å²) in [6, 6.07) is 16.1. The molecule has 9 heteroatoms. The number of ether oxygens (including phenoxy) is 2. The van der Waals surface area contributed by atoms with Gasteiger partial charge in [0.25, 0.3) is 0 Å². The molecule has 0 radical (unpaired) electrons. The first-order valence-corrected chi connectivity index (χ1v) is 11.7. The zero-order valence-electron chi connectivity index (χ0n) is 17.5. The molecule has 0 spiro atoms. The fraction of sp³-hybridized carbons (Fsp3) is 0.217. The molecule has 0 aliphatic heterocycles. The molecule has 0 aliphatic carbocycles. The molecule has 6 nitrogen and oxygen atoms in total. The Morgan fingerprint density at radius 2 is 1.66 bits per heavy atom. The molecule has 170 valence electrons. The third-order valence-electron chi connectivity index (χ3n) is 4.80. The van der Waals surface area contributed by atoms with E-state index in [-0.39, 0.29) is 17.3 Å². The Balaban J connectivity index is 1.55. The van der Waals surface area contributed by atoms with E-state index in [0.717, 1.165) is 16.7 Å². The van der Waals surface area contributed by atoms with Crippen LogP contribution in [0.5, 0.6) is 11.5 Å².